The Bertz CT molecular complexity index is 201. The summed E-state index contributed by atoms with van der Waals surface area (Å²) in [5, 5.41) is 2.77. The molecule has 0 rings (SSSR count). The Morgan fingerprint density at radius 2 is 1.88 bits per heavy atom. The molecular weight excluding hydrogens is 222 g/mol. The van der Waals surface area contributed by atoms with Crippen LogP contribution in [0.25, 0.3) is 0 Å². The van der Waals surface area contributed by atoms with Gasteiger partial charge in [-0.2, -0.15) is 0 Å². The molecule has 1 N–H and O–H groups in total. The first-order chi connectivity index (χ1) is 7.95. The van der Waals surface area contributed by atoms with Crippen molar-refractivity contribution < 1.29 is 19.0 Å². The SMILES string of the molecule is COCCOCCCNC(=O)COC(C)(C)C. The zero-order chi connectivity index (χ0) is 13.1. The van der Waals surface area contributed by atoms with E-state index < -0.39 is 0 Å². The predicted molar refractivity (Wildman–Crippen MR) is 66.0 cm³/mol. The van der Waals surface area contributed by atoms with Crippen molar-refractivity contribution in [2.75, 3.05) is 40.1 Å². The maximum atomic E-state index is 11.3. The molecule has 0 saturated heterocycles. The van der Waals surface area contributed by atoms with E-state index in [-0.39, 0.29) is 18.1 Å². The summed E-state index contributed by atoms with van der Waals surface area (Å²) in [6.45, 7) is 8.30. The lowest BCUT2D eigenvalue weighted by atomic mass is 10.2. The van der Waals surface area contributed by atoms with Gasteiger partial charge in [0.1, 0.15) is 6.61 Å². The van der Waals surface area contributed by atoms with Crippen LogP contribution >= 0.6 is 0 Å². The summed E-state index contributed by atoms with van der Waals surface area (Å²) >= 11 is 0. The van der Waals surface area contributed by atoms with Crippen molar-refractivity contribution in [2.45, 2.75) is 32.8 Å². The largest absolute Gasteiger partial charge is 0.382 e. The molecule has 0 fully saturated rings. The molecule has 0 atom stereocenters. The lowest BCUT2D eigenvalue weighted by Gasteiger charge is -2.18. The van der Waals surface area contributed by atoms with Crippen molar-refractivity contribution in [1.29, 1.82) is 0 Å². The fourth-order valence-electron chi connectivity index (χ4n) is 0.979. The fourth-order valence-corrected chi connectivity index (χ4v) is 0.979. The van der Waals surface area contributed by atoms with E-state index in [0.717, 1.165) is 6.42 Å². The molecule has 102 valence electrons. The smallest absolute Gasteiger partial charge is 0.246 e. The number of hydrogen-bond donors (Lipinski definition) is 1. The molecule has 5 heteroatoms. The van der Waals surface area contributed by atoms with E-state index in [1.807, 2.05) is 20.8 Å². The van der Waals surface area contributed by atoms with Crippen molar-refractivity contribution >= 4 is 5.91 Å². The van der Waals surface area contributed by atoms with Crippen LogP contribution in [-0.2, 0) is 19.0 Å². The van der Waals surface area contributed by atoms with Crippen molar-refractivity contribution in [3.8, 4) is 0 Å². The van der Waals surface area contributed by atoms with Crippen molar-refractivity contribution in [1.82, 2.24) is 5.32 Å². The Morgan fingerprint density at radius 1 is 1.18 bits per heavy atom. The monoisotopic (exact) mass is 247 g/mol. The minimum absolute atomic E-state index is 0.0863. The van der Waals surface area contributed by atoms with Gasteiger partial charge in [-0.25, -0.2) is 0 Å². The number of amides is 1. The van der Waals surface area contributed by atoms with Crippen molar-refractivity contribution in [3.05, 3.63) is 0 Å². The van der Waals surface area contributed by atoms with E-state index in [2.05, 4.69) is 5.32 Å². The van der Waals surface area contributed by atoms with Gasteiger partial charge in [0.2, 0.25) is 5.91 Å². The second-order valence-electron chi connectivity index (χ2n) is 4.71. The summed E-state index contributed by atoms with van der Waals surface area (Å²) in [4.78, 5) is 11.3. The van der Waals surface area contributed by atoms with E-state index >= 15 is 0 Å². The zero-order valence-corrected chi connectivity index (χ0v) is 11.4. The first-order valence-corrected chi connectivity index (χ1v) is 5.93. The lowest BCUT2D eigenvalue weighted by Crippen LogP contribution is -2.33. The van der Waals surface area contributed by atoms with Crippen LogP contribution in [0.2, 0.25) is 0 Å². The van der Waals surface area contributed by atoms with Gasteiger partial charge in [-0.05, 0) is 27.2 Å². The summed E-state index contributed by atoms with van der Waals surface area (Å²) in [6.07, 6.45) is 0.797. The third kappa shape index (κ3) is 13.3. The van der Waals surface area contributed by atoms with Crippen LogP contribution in [0.1, 0.15) is 27.2 Å². The predicted octanol–water partition coefficient (Wildman–Crippen LogP) is 0.971. The lowest BCUT2D eigenvalue weighted by molar-refractivity contribution is -0.130. The van der Waals surface area contributed by atoms with Crippen LogP contribution in [0, 0.1) is 0 Å². The number of methoxy groups -OCH3 is 1. The summed E-state index contributed by atoms with van der Waals surface area (Å²) in [7, 11) is 1.64. The van der Waals surface area contributed by atoms with E-state index in [4.69, 9.17) is 14.2 Å². The number of hydrogen-bond acceptors (Lipinski definition) is 4. The molecule has 17 heavy (non-hydrogen) atoms. The number of nitrogens with one attached hydrogen (secondary N) is 1. The Labute approximate surface area is 104 Å². The molecule has 0 aromatic rings. The second-order valence-corrected chi connectivity index (χ2v) is 4.71. The molecule has 0 heterocycles. The van der Waals surface area contributed by atoms with Crippen LogP contribution < -0.4 is 5.32 Å². The molecule has 0 spiro atoms. The highest BCUT2D eigenvalue weighted by molar-refractivity contribution is 5.77. The van der Waals surface area contributed by atoms with Gasteiger partial charge in [0, 0.05) is 20.3 Å². The average Bonchev–Trinajstić information content (AvgIpc) is 2.24. The van der Waals surface area contributed by atoms with E-state index in [1.54, 1.807) is 7.11 Å². The average molecular weight is 247 g/mol. The van der Waals surface area contributed by atoms with E-state index in [9.17, 15) is 4.79 Å². The van der Waals surface area contributed by atoms with Gasteiger partial charge in [0.25, 0.3) is 0 Å². The highest BCUT2D eigenvalue weighted by Gasteiger charge is 2.12. The molecule has 0 aliphatic heterocycles. The number of rotatable bonds is 9. The van der Waals surface area contributed by atoms with Gasteiger partial charge < -0.3 is 19.5 Å². The van der Waals surface area contributed by atoms with E-state index in [1.165, 1.54) is 0 Å². The van der Waals surface area contributed by atoms with Crippen LogP contribution in [0.5, 0.6) is 0 Å². The Balaban J connectivity index is 3.28. The Morgan fingerprint density at radius 3 is 2.47 bits per heavy atom. The first-order valence-electron chi connectivity index (χ1n) is 5.93. The van der Waals surface area contributed by atoms with Gasteiger partial charge in [0.15, 0.2) is 0 Å². The highest BCUT2D eigenvalue weighted by Crippen LogP contribution is 2.05. The van der Waals surface area contributed by atoms with Crippen LogP contribution in [0.3, 0.4) is 0 Å². The molecule has 1 amide bonds. The molecule has 0 aliphatic carbocycles. The molecule has 0 unspecified atom stereocenters. The highest BCUT2D eigenvalue weighted by atomic mass is 16.5. The maximum absolute atomic E-state index is 11.3. The summed E-state index contributed by atoms with van der Waals surface area (Å²) in [6, 6.07) is 0. The fraction of sp³-hybridized carbons (Fsp3) is 0.917. The molecule has 0 saturated carbocycles. The minimum atomic E-state index is -0.277. The molecule has 0 aromatic heterocycles. The number of carbonyl (C=O) groups excluding carboxylic acids is 1. The molecule has 0 aromatic carbocycles. The molecule has 0 aliphatic rings. The summed E-state index contributed by atoms with van der Waals surface area (Å²) < 4.78 is 15.4. The normalized spacial score (nSPS) is 11.5. The van der Waals surface area contributed by atoms with Gasteiger partial charge in [-0.1, -0.05) is 0 Å². The standard InChI is InChI=1S/C12H25NO4/c1-12(2,3)17-10-11(14)13-6-5-7-16-9-8-15-4/h5-10H2,1-4H3,(H,13,14). The minimum Gasteiger partial charge on any atom is -0.382 e. The maximum Gasteiger partial charge on any atom is 0.246 e. The Hall–Kier alpha value is -0.650. The first kappa shape index (κ1) is 16.4. The van der Waals surface area contributed by atoms with Crippen LogP contribution in [0.4, 0.5) is 0 Å². The third-order valence-corrected chi connectivity index (χ3v) is 1.86. The van der Waals surface area contributed by atoms with Gasteiger partial charge in [-0.15, -0.1) is 0 Å². The second kappa shape index (κ2) is 9.39. The molecule has 0 bridgehead atoms. The van der Waals surface area contributed by atoms with Crippen molar-refractivity contribution in [2.24, 2.45) is 0 Å². The number of carbonyl (C=O) groups is 1. The Kier molecular flexibility index (Phi) is 9.03. The van der Waals surface area contributed by atoms with Crippen molar-refractivity contribution in [3.63, 3.8) is 0 Å². The quantitative estimate of drug-likeness (QED) is 0.617. The van der Waals surface area contributed by atoms with Gasteiger partial charge in [0.05, 0.1) is 18.8 Å². The third-order valence-electron chi connectivity index (χ3n) is 1.86. The summed E-state index contributed by atoms with van der Waals surface area (Å²) in [5.74, 6) is -0.0863. The van der Waals surface area contributed by atoms with Crippen LogP contribution in [0.15, 0.2) is 0 Å². The number of ether oxygens (including phenoxy) is 3. The van der Waals surface area contributed by atoms with E-state index in [0.29, 0.717) is 26.4 Å². The van der Waals surface area contributed by atoms with Gasteiger partial charge >= 0.3 is 0 Å². The molecule has 0 radical (unpaired) electrons. The zero-order valence-electron chi connectivity index (χ0n) is 11.4. The van der Waals surface area contributed by atoms with Crippen LogP contribution in [-0.4, -0.2) is 51.6 Å². The summed E-state index contributed by atoms with van der Waals surface area (Å²) in [5.41, 5.74) is -0.277. The molecule has 5 nitrogen and oxygen atoms in total. The van der Waals surface area contributed by atoms with Gasteiger partial charge in [-0.3, -0.25) is 4.79 Å². The topological polar surface area (TPSA) is 56.8 Å². The molecular formula is C12H25NO4.